The molecule has 1 aromatic carbocycles. The van der Waals surface area contributed by atoms with Gasteiger partial charge >= 0.3 is 0 Å². The summed E-state index contributed by atoms with van der Waals surface area (Å²) in [6.45, 7) is 6.26. The Morgan fingerprint density at radius 3 is 2.69 bits per heavy atom. The molecule has 1 N–H and O–H groups in total. The van der Waals surface area contributed by atoms with Crippen molar-refractivity contribution < 1.29 is 4.39 Å². The maximum absolute atomic E-state index is 13.0. The van der Waals surface area contributed by atoms with Crippen molar-refractivity contribution in [3.05, 3.63) is 29.6 Å². The highest BCUT2D eigenvalue weighted by Gasteiger charge is 2.15. The van der Waals surface area contributed by atoms with Crippen LogP contribution in [0.3, 0.4) is 0 Å². The Morgan fingerprint density at radius 1 is 1.44 bits per heavy atom. The van der Waals surface area contributed by atoms with Crippen LogP contribution in [0.2, 0.25) is 0 Å². The minimum atomic E-state index is -0.317. The highest BCUT2D eigenvalue weighted by Crippen LogP contribution is 2.19. The van der Waals surface area contributed by atoms with Gasteiger partial charge in [0.15, 0.2) is 0 Å². The average Bonchev–Trinajstić information content (AvgIpc) is 2.23. The van der Waals surface area contributed by atoms with E-state index >= 15 is 0 Å². The van der Waals surface area contributed by atoms with Gasteiger partial charge in [0.05, 0.1) is 11.5 Å². The predicted octanol–water partition coefficient (Wildman–Crippen LogP) is 3.49. The van der Waals surface area contributed by atoms with Crippen molar-refractivity contribution in [2.75, 3.05) is 11.9 Å². The first-order chi connectivity index (χ1) is 7.44. The highest BCUT2D eigenvalue weighted by atomic mass is 19.1. The van der Waals surface area contributed by atoms with Gasteiger partial charge in [-0.15, -0.1) is 0 Å². The number of nitriles is 1. The molecule has 0 bridgehead atoms. The molecule has 1 aromatic rings. The van der Waals surface area contributed by atoms with E-state index in [-0.39, 0.29) is 11.2 Å². The quantitative estimate of drug-likeness (QED) is 0.843. The van der Waals surface area contributed by atoms with Gasteiger partial charge in [-0.3, -0.25) is 0 Å². The van der Waals surface area contributed by atoms with Crippen LogP contribution in [0.15, 0.2) is 18.2 Å². The molecule has 2 nitrogen and oxygen atoms in total. The third-order valence-corrected chi connectivity index (χ3v) is 2.54. The van der Waals surface area contributed by atoms with E-state index in [4.69, 9.17) is 5.26 Å². The van der Waals surface area contributed by atoms with Gasteiger partial charge in [-0.25, -0.2) is 4.39 Å². The predicted molar refractivity (Wildman–Crippen MR) is 63.6 cm³/mol. The zero-order chi connectivity index (χ0) is 12.2. The lowest BCUT2D eigenvalue weighted by molar-refractivity contribution is 0.466. The Labute approximate surface area is 96.1 Å². The third kappa shape index (κ3) is 3.54. The van der Waals surface area contributed by atoms with E-state index in [1.165, 1.54) is 6.07 Å². The molecular formula is C13H17FN2. The fourth-order valence-electron chi connectivity index (χ4n) is 1.33. The molecule has 0 fully saturated rings. The van der Waals surface area contributed by atoms with Crippen LogP contribution < -0.4 is 5.32 Å². The van der Waals surface area contributed by atoms with E-state index < -0.39 is 0 Å². The van der Waals surface area contributed by atoms with E-state index in [9.17, 15) is 4.39 Å². The lowest BCUT2D eigenvalue weighted by Gasteiger charge is -2.15. The van der Waals surface area contributed by atoms with E-state index in [0.717, 1.165) is 12.1 Å². The number of aryl methyl sites for hydroxylation is 1. The van der Waals surface area contributed by atoms with E-state index in [2.05, 4.69) is 11.4 Å². The molecule has 0 amide bonds. The maximum atomic E-state index is 13.0. The average molecular weight is 220 g/mol. The molecule has 0 aliphatic heterocycles. The van der Waals surface area contributed by atoms with Crippen molar-refractivity contribution in [2.24, 2.45) is 5.41 Å². The molecule has 16 heavy (non-hydrogen) atoms. The van der Waals surface area contributed by atoms with Crippen LogP contribution in [-0.2, 0) is 0 Å². The van der Waals surface area contributed by atoms with Crippen molar-refractivity contribution in [3.8, 4) is 6.07 Å². The molecule has 86 valence electrons. The van der Waals surface area contributed by atoms with Crippen LogP contribution in [-0.4, -0.2) is 6.54 Å². The molecule has 0 saturated carbocycles. The van der Waals surface area contributed by atoms with Gasteiger partial charge in [0.25, 0.3) is 0 Å². The fraction of sp³-hybridized carbons (Fsp3) is 0.462. The first-order valence-electron chi connectivity index (χ1n) is 5.36. The summed E-state index contributed by atoms with van der Waals surface area (Å²) in [5, 5.41) is 12.0. The summed E-state index contributed by atoms with van der Waals surface area (Å²) in [4.78, 5) is 0. The summed E-state index contributed by atoms with van der Waals surface area (Å²) in [6, 6.07) is 7.18. The Hall–Kier alpha value is -1.56. The first-order valence-corrected chi connectivity index (χ1v) is 5.36. The van der Waals surface area contributed by atoms with Gasteiger partial charge in [0, 0.05) is 12.2 Å². The van der Waals surface area contributed by atoms with Gasteiger partial charge in [0.2, 0.25) is 0 Å². The molecule has 0 spiro atoms. The van der Waals surface area contributed by atoms with Crippen LogP contribution in [0.25, 0.3) is 0 Å². The van der Waals surface area contributed by atoms with Gasteiger partial charge < -0.3 is 5.32 Å². The Balaban J connectivity index is 2.50. The molecule has 0 atom stereocenters. The van der Waals surface area contributed by atoms with Crippen molar-refractivity contribution in [2.45, 2.75) is 27.2 Å². The summed E-state index contributed by atoms with van der Waals surface area (Å²) >= 11 is 0. The SMILES string of the molecule is Cc1cc(NCCC(C)(C)C#N)ccc1F. The number of nitrogens with zero attached hydrogens (tertiary/aromatic N) is 1. The van der Waals surface area contributed by atoms with Crippen LogP contribution in [0.4, 0.5) is 10.1 Å². The fourth-order valence-corrected chi connectivity index (χ4v) is 1.33. The topological polar surface area (TPSA) is 35.8 Å². The molecule has 0 unspecified atom stereocenters. The second-order valence-electron chi connectivity index (χ2n) is 4.64. The lowest BCUT2D eigenvalue weighted by atomic mass is 9.91. The number of hydrogen-bond acceptors (Lipinski definition) is 2. The van der Waals surface area contributed by atoms with Crippen LogP contribution in [0, 0.1) is 29.5 Å². The van der Waals surface area contributed by atoms with Crippen molar-refractivity contribution in [3.63, 3.8) is 0 Å². The standard InChI is InChI=1S/C13H17FN2/c1-10-8-11(4-5-12(10)14)16-7-6-13(2,3)9-15/h4-5,8,16H,6-7H2,1-3H3. The molecule has 0 aromatic heterocycles. The minimum Gasteiger partial charge on any atom is -0.385 e. The van der Waals surface area contributed by atoms with Crippen LogP contribution in [0.1, 0.15) is 25.8 Å². The number of rotatable bonds is 4. The van der Waals surface area contributed by atoms with Crippen LogP contribution >= 0.6 is 0 Å². The Morgan fingerprint density at radius 2 is 2.12 bits per heavy atom. The molecular weight excluding hydrogens is 203 g/mol. The van der Waals surface area contributed by atoms with Gasteiger partial charge in [-0.05, 0) is 51.0 Å². The number of hydrogen-bond donors (Lipinski definition) is 1. The van der Waals surface area contributed by atoms with E-state index in [1.54, 1.807) is 19.1 Å². The molecule has 0 aliphatic rings. The molecule has 0 radical (unpaired) electrons. The first kappa shape index (κ1) is 12.5. The largest absolute Gasteiger partial charge is 0.385 e. The zero-order valence-electron chi connectivity index (χ0n) is 9.97. The second-order valence-corrected chi connectivity index (χ2v) is 4.64. The third-order valence-electron chi connectivity index (χ3n) is 2.54. The normalized spacial score (nSPS) is 10.9. The van der Waals surface area contributed by atoms with Gasteiger partial charge in [0.1, 0.15) is 5.82 Å². The smallest absolute Gasteiger partial charge is 0.126 e. The summed E-state index contributed by atoms with van der Waals surface area (Å²) in [7, 11) is 0. The zero-order valence-corrected chi connectivity index (χ0v) is 9.97. The number of nitrogens with one attached hydrogen (secondary N) is 1. The number of anilines is 1. The lowest BCUT2D eigenvalue weighted by Crippen LogP contribution is -2.14. The summed E-state index contributed by atoms with van der Waals surface area (Å²) in [5.41, 5.74) is 1.21. The van der Waals surface area contributed by atoms with Gasteiger partial charge in [-0.1, -0.05) is 0 Å². The van der Waals surface area contributed by atoms with Gasteiger partial charge in [-0.2, -0.15) is 5.26 Å². The highest BCUT2D eigenvalue weighted by molar-refractivity contribution is 5.45. The van der Waals surface area contributed by atoms with Crippen molar-refractivity contribution >= 4 is 5.69 Å². The second kappa shape index (κ2) is 4.98. The van der Waals surface area contributed by atoms with Crippen molar-refractivity contribution in [1.82, 2.24) is 0 Å². The molecule has 3 heteroatoms. The maximum Gasteiger partial charge on any atom is 0.126 e. The minimum absolute atomic E-state index is 0.192. The Bertz CT molecular complexity index is 405. The molecule has 0 saturated heterocycles. The summed E-state index contributed by atoms with van der Waals surface area (Å²) in [5.74, 6) is -0.192. The van der Waals surface area contributed by atoms with E-state index in [0.29, 0.717) is 12.1 Å². The number of halogens is 1. The molecule has 0 aliphatic carbocycles. The monoisotopic (exact) mass is 220 g/mol. The summed E-state index contributed by atoms with van der Waals surface area (Å²) in [6.07, 6.45) is 0.764. The molecule has 0 heterocycles. The van der Waals surface area contributed by atoms with Crippen molar-refractivity contribution in [1.29, 1.82) is 5.26 Å². The van der Waals surface area contributed by atoms with Crippen LogP contribution in [0.5, 0.6) is 0 Å². The Kier molecular flexibility index (Phi) is 3.89. The van der Waals surface area contributed by atoms with E-state index in [1.807, 2.05) is 13.8 Å². The summed E-state index contributed by atoms with van der Waals surface area (Å²) < 4.78 is 13.0. The number of benzene rings is 1. The molecule has 1 rings (SSSR count).